The molecule has 1 aliphatic heterocycles. The van der Waals surface area contributed by atoms with Gasteiger partial charge in [0.25, 0.3) is 0 Å². The number of hydrogen-bond acceptors (Lipinski definition) is 3. The quantitative estimate of drug-likeness (QED) is 0.724. The molecule has 3 rings (SSSR count). The average molecular weight is 202 g/mol. The lowest BCUT2D eigenvalue weighted by Gasteiger charge is -2.28. The molecule has 0 amide bonds. The van der Waals surface area contributed by atoms with Gasteiger partial charge in [-0.05, 0) is 12.1 Å². The van der Waals surface area contributed by atoms with Gasteiger partial charge in [0.1, 0.15) is 5.65 Å². The number of aromatic amines is 1. The Hall–Kier alpha value is -1.55. The number of nitrogens with one attached hydrogen (secondary N) is 2. The Morgan fingerprint density at radius 2 is 2.13 bits per heavy atom. The summed E-state index contributed by atoms with van der Waals surface area (Å²) in [7, 11) is 0. The first kappa shape index (κ1) is 8.73. The predicted molar refractivity (Wildman–Crippen MR) is 61.2 cm³/mol. The molecule has 0 atom stereocenters. The molecule has 3 heterocycles. The van der Waals surface area contributed by atoms with Crippen LogP contribution in [0.5, 0.6) is 0 Å². The Kier molecular flexibility index (Phi) is 2.07. The fourth-order valence-corrected chi connectivity index (χ4v) is 2.11. The molecule has 2 N–H and O–H groups in total. The van der Waals surface area contributed by atoms with E-state index in [2.05, 4.69) is 32.4 Å². The molecule has 15 heavy (non-hydrogen) atoms. The fourth-order valence-electron chi connectivity index (χ4n) is 2.11. The summed E-state index contributed by atoms with van der Waals surface area (Å²) in [4.78, 5) is 9.91. The van der Waals surface area contributed by atoms with Crippen LogP contribution in [-0.4, -0.2) is 36.1 Å². The zero-order chi connectivity index (χ0) is 10.1. The van der Waals surface area contributed by atoms with Gasteiger partial charge in [-0.2, -0.15) is 0 Å². The van der Waals surface area contributed by atoms with E-state index in [0.717, 1.165) is 31.8 Å². The second kappa shape index (κ2) is 3.55. The van der Waals surface area contributed by atoms with E-state index in [1.807, 2.05) is 12.3 Å². The number of pyridine rings is 1. The topological polar surface area (TPSA) is 44.0 Å². The van der Waals surface area contributed by atoms with Crippen LogP contribution >= 0.6 is 0 Å². The van der Waals surface area contributed by atoms with Crippen molar-refractivity contribution in [3.8, 4) is 0 Å². The highest BCUT2D eigenvalue weighted by molar-refractivity contribution is 5.90. The second-order valence-corrected chi connectivity index (χ2v) is 3.81. The van der Waals surface area contributed by atoms with Crippen LogP contribution in [0.25, 0.3) is 11.0 Å². The fraction of sp³-hybridized carbons (Fsp3) is 0.364. The van der Waals surface area contributed by atoms with Gasteiger partial charge in [-0.15, -0.1) is 0 Å². The molecule has 1 saturated heterocycles. The third-order valence-electron chi connectivity index (χ3n) is 2.89. The van der Waals surface area contributed by atoms with Gasteiger partial charge in [-0.3, -0.25) is 0 Å². The van der Waals surface area contributed by atoms with Crippen molar-refractivity contribution in [1.29, 1.82) is 0 Å². The highest BCUT2D eigenvalue weighted by Gasteiger charge is 2.14. The molecule has 0 aliphatic carbocycles. The van der Waals surface area contributed by atoms with Crippen molar-refractivity contribution in [1.82, 2.24) is 15.3 Å². The van der Waals surface area contributed by atoms with Crippen molar-refractivity contribution >= 4 is 16.7 Å². The number of rotatable bonds is 1. The van der Waals surface area contributed by atoms with E-state index < -0.39 is 0 Å². The van der Waals surface area contributed by atoms with Gasteiger partial charge in [0.2, 0.25) is 0 Å². The van der Waals surface area contributed by atoms with Gasteiger partial charge in [0, 0.05) is 44.0 Å². The lowest BCUT2D eigenvalue weighted by atomic mass is 10.2. The normalized spacial score (nSPS) is 17.2. The van der Waals surface area contributed by atoms with E-state index >= 15 is 0 Å². The van der Waals surface area contributed by atoms with E-state index in [9.17, 15) is 0 Å². The van der Waals surface area contributed by atoms with Crippen molar-refractivity contribution in [2.75, 3.05) is 31.1 Å². The highest BCUT2D eigenvalue weighted by atomic mass is 15.2. The van der Waals surface area contributed by atoms with Crippen LogP contribution in [0.15, 0.2) is 24.5 Å². The minimum Gasteiger partial charge on any atom is -0.367 e. The molecule has 1 fully saturated rings. The maximum Gasteiger partial charge on any atom is 0.139 e. The summed E-state index contributed by atoms with van der Waals surface area (Å²) in [6, 6.07) is 4.11. The Labute approximate surface area is 88.3 Å². The van der Waals surface area contributed by atoms with Crippen molar-refractivity contribution in [3.63, 3.8) is 0 Å². The molecule has 1 aliphatic rings. The zero-order valence-electron chi connectivity index (χ0n) is 8.53. The zero-order valence-corrected chi connectivity index (χ0v) is 8.53. The molecule has 0 aromatic carbocycles. The van der Waals surface area contributed by atoms with Gasteiger partial charge in [-0.1, -0.05) is 0 Å². The van der Waals surface area contributed by atoms with Gasteiger partial charge in [0.15, 0.2) is 0 Å². The van der Waals surface area contributed by atoms with Crippen molar-refractivity contribution < 1.29 is 0 Å². The first-order valence-corrected chi connectivity index (χ1v) is 5.33. The molecule has 2 aromatic heterocycles. The third-order valence-corrected chi connectivity index (χ3v) is 2.89. The largest absolute Gasteiger partial charge is 0.367 e. The summed E-state index contributed by atoms with van der Waals surface area (Å²) in [6.45, 7) is 4.27. The van der Waals surface area contributed by atoms with Crippen LogP contribution in [0, 0.1) is 0 Å². The van der Waals surface area contributed by atoms with Crippen LogP contribution in [-0.2, 0) is 0 Å². The molecule has 0 bridgehead atoms. The number of anilines is 1. The first-order valence-electron chi connectivity index (χ1n) is 5.33. The van der Waals surface area contributed by atoms with E-state index in [1.54, 1.807) is 0 Å². The van der Waals surface area contributed by atoms with Crippen LogP contribution in [0.4, 0.5) is 5.69 Å². The smallest absolute Gasteiger partial charge is 0.139 e. The minimum absolute atomic E-state index is 0.978. The van der Waals surface area contributed by atoms with Gasteiger partial charge in [0.05, 0.1) is 5.69 Å². The summed E-state index contributed by atoms with van der Waals surface area (Å²) >= 11 is 0. The summed E-state index contributed by atoms with van der Waals surface area (Å²) < 4.78 is 0. The number of nitrogens with zero attached hydrogens (tertiary/aromatic N) is 2. The number of aromatic nitrogens is 2. The van der Waals surface area contributed by atoms with E-state index in [1.165, 1.54) is 11.1 Å². The Bertz CT molecular complexity index is 456. The minimum atomic E-state index is 0.978. The Morgan fingerprint density at radius 1 is 1.27 bits per heavy atom. The van der Waals surface area contributed by atoms with Gasteiger partial charge >= 0.3 is 0 Å². The predicted octanol–water partition coefficient (Wildman–Crippen LogP) is 0.972. The highest BCUT2D eigenvalue weighted by Crippen LogP contribution is 2.25. The molecule has 0 spiro atoms. The molecule has 0 radical (unpaired) electrons. The van der Waals surface area contributed by atoms with E-state index in [4.69, 9.17) is 0 Å². The summed E-state index contributed by atoms with van der Waals surface area (Å²) in [5, 5.41) is 4.58. The molecular weight excluding hydrogens is 188 g/mol. The molecule has 78 valence electrons. The number of piperazine rings is 1. The maximum absolute atomic E-state index is 4.30. The van der Waals surface area contributed by atoms with Crippen molar-refractivity contribution in [2.45, 2.75) is 0 Å². The van der Waals surface area contributed by atoms with Crippen LogP contribution < -0.4 is 10.2 Å². The standard InChI is InChI=1S/C11H14N4/c1-2-9-10(8-14-11(9)13-3-1)15-6-4-12-5-7-15/h1-3,8,12H,4-7H2,(H,13,14). The first-order chi connectivity index (χ1) is 7.45. The summed E-state index contributed by atoms with van der Waals surface area (Å²) in [5.41, 5.74) is 2.26. The molecule has 0 saturated carbocycles. The van der Waals surface area contributed by atoms with Crippen LogP contribution in [0.1, 0.15) is 0 Å². The molecule has 4 nitrogen and oxygen atoms in total. The van der Waals surface area contributed by atoms with Gasteiger partial charge in [-0.25, -0.2) is 4.98 Å². The van der Waals surface area contributed by atoms with Crippen molar-refractivity contribution in [2.24, 2.45) is 0 Å². The summed E-state index contributed by atoms with van der Waals surface area (Å²) in [5.74, 6) is 0. The van der Waals surface area contributed by atoms with Crippen LogP contribution in [0.3, 0.4) is 0 Å². The molecule has 0 unspecified atom stereocenters. The van der Waals surface area contributed by atoms with Crippen molar-refractivity contribution in [3.05, 3.63) is 24.5 Å². The van der Waals surface area contributed by atoms with Crippen LogP contribution in [0.2, 0.25) is 0 Å². The number of hydrogen-bond donors (Lipinski definition) is 2. The number of H-pyrrole nitrogens is 1. The Morgan fingerprint density at radius 3 is 3.00 bits per heavy atom. The Balaban J connectivity index is 2.02. The monoisotopic (exact) mass is 202 g/mol. The van der Waals surface area contributed by atoms with Gasteiger partial charge < -0.3 is 15.2 Å². The van der Waals surface area contributed by atoms with E-state index in [-0.39, 0.29) is 0 Å². The molecule has 2 aromatic rings. The van der Waals surface area contributed by atoms with E-state index in [0.29, 0.717) is 0 Å². The lowest BCUT2D eigenvalue weighted by molar-refractivity contribution is 0.590. The molecule has 4 heteroatoms. The lowest BCUT2D eigenvalue weighted by Crippen LogP contribution is -2.43. The SMILES string of the molecule is c1cnc2[nH]cc(N3CCNCC3)c2c1. The average Bonchev–Trinajstić information content (AvgIpc) is 2.74. The number of fused-ring (bicyclic) bond motifs is 1. The second-order valence-electron chi connectivity index (χ2n) is 3.81. The third kappa shape index (κ3) is 1.47. The maximum atomic E-state index is 4.30. The molecular formula is C11H14N4. The summed E-state index contributed by atoms with van der Waals surface area (Å²) in [6.07, 6.45) is 3.88.